The molecule has 0 saturated carbocycles. The van der Waals surface area contributed by atoms with Crippen LogP contribution in [0.4, 0.5) is 11.4 Å². The van der Waals surface area contributed by atoms with Gasteiger partial charge in [-0.1, -0.05) is 17.7 Å². The summed E-state index contributed by atoms with van der Waals surface area (Å²) >= 11 is 5.91. The maximum absolute atomic E-state index is 12.5. The highest BCUT2D eigenvalue weighted by Crippen LogP contribution is 2.26. The fourth-order valence-electron chi connectivity index (χ4n) is 1.92. The van der Waals surface area contributed by atoms with Crippen molar-refractivity contribution in [2.24, 2.45) is 0 Å². The lowest BCUT2D eigenvalue weighted by Gasteiger charge is -2.13. The van der Waals surface area contributed by atoms with Crippen LogP contribution in [-0.4, -0.2) is 8.42 Å². The van der Waals surface area contributed by atoms with Crippen molar-refractivity contribution in [1.29, 1.82) is 0 Å². The maximum atomic E-state index is 12.5. The number of nitrogens with two attached hydrogens (primary N) is 1. The molecule has 3 N–H and O–H groups in total. The standard InChI is InChI=1S/C15H17ClN2O2S/c1-9-4-5-12(16)7-15(9)18-21(19,20)13-6-10(2)11(3)14(17)8-13/h4-8,18H,17H2,1-3H3. The predicted molar refractivity (Wildman–Crippen MR) is 87.3 cm³/mol. The fraction of sp³-hybridized carbons (Fsp3) is 0.200. The molecule has 0 aliphatic heterocycles. The number of hydrogen-bond donors (Lipinski definition) is 2. The first-order chi connectivity index (χ1) is 9.70. The largest absolute Gasteiger partial charge is 0.398 e. The molecule has 0 saturated heterocycles. The quantitative estimate of drug-likeness (QED) is 0.846. The third kappa shape index (κ3) is 3.31. The molecule has 21 heavy (non-hydrogen) atoms. The Hall–Kier alpha value is -1.72. The molecular weight excluding hydrogens is 308 g/mol. The summed E-state index contributed by atoms with van der Waals surface area (Å²) in [4.78, 5) is 0.141. The number of hydrogen-bond acceptors (Lipinski definition) is 3. The minimum atomic E-state index is -3.70. The molecule has 0 fully saturated rings. The van der Waals surface area contributed by atoms with Crippen LogP contribution in [0.25, 0.3) is 0 Å². The molecule has 0 unspecified atom stereocenters. The molecule has 0 aliphatic rings. The minimum absolute atomic E-state index is 0.141. The van der Waals surface area contributed by atoms with E-state index in [9.17, 15) is 8.42 Å². The highest BCUT2D eigenvalue weighted by molar-refractivity contribution is 7.92. The van der Waals surface area contributed by atoms with Crippen molar-refractivity contribution >= 4 is 33.0 Å². The Morgan fingerprint density at radius 3 is 2.33 bits per heavy atom. The topological polar surface area (TPSA) is 72.2 Å². The Morgan fingerprint density at radius 1 is 1.05 bits per heavy atom. The van der Waals surface area contributed by atoms with Gasteiger partial charge < -0.3 is 5.73 Å². The smallest absolute Gasteiger partial charge is 0.261 e. The normalized spacial score (nSPS) is 11.4. The van der Waals surface area contributed by atoms with Crippen LogP contribution in [0.15, 0.2) is 35.2 Å². The number of benzene rings is 2. The Labute approximate surface area is 130 Å². The van der Waals surface area contributed by atoms with E-state index in [-0.39, 0.29) is 4.90 Å². The summed E-state index contributed by atoms with van der Waals surface area (Å²) in [5.74, 6) is 0. The number of nitrogen functional groups attached to an aromatic ring is 1. The van der Waals surface area contributed by atoms with E-state index in [1.165, 1.54) is 6.07 Å². The van der Waals surface area contributed by atoms with Crippen LogP contribution in [-0.2, 0) is 10.0 Å². The Balaban J connectivity index is 2.46. The SMILES string of the molecule is Cc1ccc(Cl)cc1NS(=O)(=O)c1cc(C)c(C)c(N)c1. The molecule has 2 aromatic carbocycles. The molecule has 0 aliphatic carbocycles. The zero-order chi connectivity index (χ0) is 15.8. The van der Waals surface area contributed by atoms with Crippen molar-refractivity contribution in [3.63, 3.8) is 0 Å². The van der Waals surface area contributed by atoms with Gasteiger partial charge in [0.2, 0.25) is 0 Å². The Kier molecular flexibility index (Phi) is 4.16. The van der Waals surface area contributed by atoms with Crippen molar-refractivity contribution in [3.05, 3.63) is 52.0 Å². The third-order valence-electron chi connectivity index (χ3n) is 3.44. The van der Waals surface area contributed by atoms with Gasteiger partial charge in [-0.05, 0) is 61.7 Å². The van der Waals surface area contributed by atoms with Crippen molar-refractivity contribution < 1.29 is 8.42 Å². The first kappa shape index (κ1) is 15.7. The number of nitrogens with one attached hydrogen (secondary N) is 1. The number of halogens is 1. The van der Waals surface area contributed by atoms with Crippen molar-refractivity contribution in [1.82, 2.24) is 0 Å². The molecule has 6 heteroatoms. The molecule has 4 nitrogen and oxygen atoms in total. The fourth-order valence-corrected chi connectivity index (χ4v) is 3.33. The lowest BCUT2D eigenvalue weighted by atomic mass is 10.1. The van der Waals surface area contributed by atoms with Crippen molar-refractivity contribution in [2.45, 2.75) is 25.7 Å². The van der Waals surface area contributed by atoms with Crippen LogP contribution in [0.5, 0.6) is 0 Å². The molecule has 0 atom stereocenters. The molecule has 0 amide bonds. The van der Waals surface area contributed by atoms with Gasteiger partial charge in [0.25, 0.3) is 10.0 Å². The van der Waals surface area contributed by atoms with Crippen LogP contribution in [0.1, 0.15) is 16.7 Å². The first-order valence-electron chi connectivity index (χ1n) is 6.36. The van der Waals surface area contributed by atoms with Gasteiger partial charge in [-0.3, -0.25) is 4.72 Å². The van der Waals surface area contributed by atoms with E-state index in [0.717, 1.165) is 16.7 Å². The lowest BCUT2D eigenvalue weighted by molar-refractivity contribution is 0.601. The van der Waals surface area contributed by atoms with Gasteiger partial charge in [0.05, 0.1) is 10.6 Å². The van der Waals surface area contributed by atoms with E-state index in [0.29, 0.717) is 16.4 Å². The summed E-state index contributed by atoms with van der Waals surface area (Å²) in [6.07, 6.45) is 0. The lowest BCUT2D eigenvalue weighted by Crippen LogP contribution is -2.14. The Bertz CT molecular complexity index is 778. The summed E-state index contributed by atoms with van der Waals surface area (Å²) in [5.41, 5.74) is 9.27. The summed E-state index contributed by atoms with van der Waals surface area (Å²) in [5, 5.41) is 0.470. The summed E-state index contributed by atoms with van der Waals surface area (Å²) in [6.45, 7) is 5.49. The van der Waals surface area contributed by atoms with E-state index in [1.54, 1.807) is 24.3 Å². The number of sulfonamides is 1. The maximum Gasteiger partial charge on any atom is 0.261 e. The van der Waals surface area contributed by atoms with Crippen molar-refractivity contribution in [3.8, 4) is 0 Å². The average molecular weight is 325 g/mol. The average Bonchev–Trinajstić information content (AvgIpc) is 2.39. The third-order valence-corrected chi connectivity index (χ3v) is 5.02. The second-order valence-corrected chi connectivity index (χ2v) is 7.14. The summed E-state index contributed by atoms with van der Waals surface area (Å²) in [6, 6.07) is 8.12. The number of rotatable bonds is 3. The van der Waals surface area contributed by atoms with Gasteiger partial charge in [0, 0.05) is 10.7 Å². The molecule has 0 heterocycles. The van der Waals surface area contributed by atoms with Gasteiger partial charge in [0.1, 0.15) is 0 Å². The van der Waals surface area contributed by atoms with Gasteiger partial charge in [0.15, 0.2) is 0 Å². The monoisotopic (exact) mass is 324 g/mol. The van der Waals surface area contributed by atoms with Crippen LogP contribution in [0, 0.1) is 20.8 Å². The minimum Gasteiger partial charge on any atom is -0.398 e. The van der Waals surface area contributed by atoms with E-state index in [1.807, 2.05) is 20.8 Å². The van der Waals surface area contributed by atoms with Gasteiger partial charge in [-0.25, -0.2) is 8.42 Å². The van der Waals surface area contributed by atoms with Gasteiger partial charge in [-0.2, -0.15) is 0 Å². The van der Waals surface area contributed by atoms with Crippen molar-refractivity contribution in [2.75, 3.05) is 10.5 Å². The molecule has 0 spiro atoms. The summed E-state index contributed by atoms with van der Waals surface area (Å²) < 4.78 is 27.5. The predicted octanol–water partition coefficient (Wildman–Crippen LogP) is 3.65. The second-order valence-electron chi connectivity index (χ2n) is 5.02. The van der Waals surface area contributed by atoms with E-state index >= 15 is 0 Å². The van der Waals surface area contributed by atoms with Crippen LogP contribution in [0.2, 0.25) is 5.02 Å². The van der Waals surface area contributed by atoms with Gasteiger partial charge >= 0.3 is 0 Å². The highest BCUT2D eigenvalue weighted by Gasteiger charge is 2.17. The van der Waals surface area contributed by atoms with E-state index < -0.39 is 10.0 Å². The highest BCUT2D eigenvalue weighted by atomic mass is 35.5. The molecular formula is C15H17ClN2O2S. The number of anilines is 2. The molecule has 0 bridgehead atoms. The first-order valence-corrected chi connectivity index (χ1v) is 8.22. The molecule has 2 rings (SSSR count). The zero-order valence-corrected chi connectivity index (χ0v) is 13.6. The summed E-state index contributed by atoms with van der Waals surface area (Å²) in [7, 11) is -3.70. The van der Waals surface area contributed by atoms with Crippen LogP contribution in [0.3, 0.4) is 0 Å². The number of aryl methyl sites for hydroxylation is 2. The molecule has 2 aromatic rings. The van der Waals surface area contributed by atoms with E-state index in [4.69, 9.17) is 17.3 Å². The molecule has 0 radical (unpaired) electrons. The van der Waals surface area contributed by atoms with Crippen LogP contribution < -0.4 is 10.5 Å². The Morgan fingerprint density at radius 2 is 1.71 bits per heavy atom. The second kappa shape index (κ2) is 5.58. The molecule has 0 aromatic heterocycles. The zero-order valence-electron chi connectivity index (χ0n) is 12.1. The molecule has 112 valence electrons. The van der Waals surface area contributed by atoms with E-state index in [2.05, 4.69) is 4.72 Å². The van der Waals surface area contributed by atoms with Crippen LogP contribution >= 0.6 is 11.6 Å². The van der Waals surface area contributed by atoms with Gasteiger partial charge in [-0.15, -0.1) is 0 Å².